The monoisotopic (exact) mass is 303 g/mol. The standard InChI is InChI=1S/C16H21N3O3/c1-5-21-13-7-6-12(9-11(13)4)15-16(19-22-18-15)17-14(20)8-10(2)3/h6-7,9-10H,5,8H2,1-4H3,(H,17,19,20). The summed E-state index contributed by atoms with van der Waals surface area (Å²) < 4.78 is 10.3. The van der Waals surface area contributed by atoms with E-state index in [1.54, 1.807) is 0 Å². The molecule has 118 valence electrons. The van der Waals surface area contributed by atoms with Crippen LogP contribution in [0.1, 0.15) is 32.8 Å². The van der Waals surface area contributed by atoms with Crippen molar-refractivity contribution in [2.75, 3.05) is 11.9 Å². The minimum atomic E-state index is -0.102. The molecule has 0 fully saturated rings. The number of hydrogen-bond donors (Lipinski definition) is 1. The molecule has 1 heterocycles. The first-order valence-electron chi connectivity index (χ1n) is 7.37. The summed E-state index contributed by atoms with van der Waals surface area (Å²) in [5.74, 6) is 1.34. The van der Waals surface area contributed by atoms with Gasteiger partial charge in [-0.1, -0.05) is 13.8 Å². The van der Waals surface area contributed by atoms with Crippen LogP contribution in [-0.4, -0.2) is 22.8 Å². The molecule has 0 unspecified atom stereocenters. The van der Waals surface area contributed by atoms with Gasteiger partial charge in [0.25, 0.3) is 0 Å². The van der Waals surface area contributed by atoms with Crippen LogP contribution in [0.2, 0.25) is 0 Å². The van der Waals surface area contributed by atoms with E-state index in [1.807, 2.05) is 45.9 Å². The van der Waals surface area contributed by atoms with Gasteiger partial charge in [0.15, 0.2) is 5.69 Å². The molecular weight excluding hydrogens is 282 g/mol. The first kappa shape index (κ1) is 16.0. The summed E-state index contributed by atoms with van der Waals surface area (Å²) in [4.78, 5) is 11.9. The number of nitrogens with one attached hydrogen (secondary N) is 1. The fourth-order valence-corrected chi connectivity index (χ4v) is 2.13. The fraction of sp³-hybridized carbons (Fsp3) is 0.438. The Kier molecular flexibility index (Phi) is 5.14. The molecule has 0 radical (unpaired) electrons. The molecular formula is C16H21N3O3. The Morgan fingerprint density at radius 2 is 2.14 bits per heavy atom. The van der Waals surface area contributed by atoms with Gasteiger partial charge >= 0.3 is 0 Å². The van der Waals surface area contributed by atoms with Crippen molar-refractivity contribution < 1.29 is 14.2 Å². The van der Waals surface area contributed by atoms with Crippen molar-refractivity contribution >= 4 is 11.7 Å². The summed E-state index contributed by atoms with van der Waals surface area (Å²) in [6.07, 6.45) is 0.425. The summed E-state index contributed by atoms with van der Waals surface area (Å²) in [7, 11) is 0. The minimum absolute atomic E-state index is 0.102. The number of hydrogen-bond acceptors (Lipinski definition) is 5. The number of amides is 1. The Balaban J connectivity index is 2.22. The van der Waals surface area contributed by atoms with Gasteiger partial charge in [0.2, 0.25) is 11.7 Å². The Labute approximate surface area is 129 Å². The molecule has 0 aliphatic carbocycles. The van der Waals surface area contributed by atoms with Gasteiger partial charge in [-0.25, -0.2) is 4.63 Å². The molecule has 6 heteroatoms. The van der Waals surface area contributed by atoms with Crippen LogP contribution in [0.4, 0.5) is 5.82 Å². The zero-order chi connectivity index (χ0) is 16.1. The number of rotatable bonds is 6. The molecule has 0 saturated carbocycles. The van der Waals surface area contributed by atoms with Crippen LogP contribution in [-0.2, 0) is 4.79 Å². The van der Waals surface area contributed by atoms with Crippen LogP contribution in [0, 0.1) is 12.8 Å². The van der Waals surface area contributed by atoms with Crippen LogP contribution in [0.15, 0.2) is 22.8 Å². The molecule has 0 bridgehead atoms. The first-order valence-corrected chi connectivity index (χ1v) is 7.37. The number of carbonyl (C=O) groups is 1. The lowest BCUT2D eigenvalue weighted by molar-refractivity contribution is -0.116. The van der Waals surface area contributed by atoms with E-state index in [9.17, 15) is 4.79 Å². The number of anilines is 1. The average Bonchev–Trinajstić information content (AvgIpc) is 2.88. The summed E-state index contributed by atoms with van der Waals surface area (Å²) in [5.41, 5.74) is 2.33. The van der Waals surface area contributed by atoms with Gasteiger partial charge in [-0.2, -0.15) is 0 Å². The number of carbonyl (C=O) groups excluding carboxylic acids is 1. The zero-order valence-corrected chi connectivity index (χ0v) is 13.3. The number of aryl methyl sites for hydroxylation is 1. The van der Waals surface area contributed by atoms with E-state index in [0.717, 1.165) is 16.9 Å². The molecule has 1 amide bonds. The number of aromatic nitrogens is 2. The number of ether oxygens (including phenoxy) is 1. The lowest BCUT2D eigenvalue weighted by Crippen LogP contribution is -2.14. The smallest absolute Gasteiger partial charge is 0.225 e. The fourth-order valence-electron chi connectivity index (χ4n) is 2.13. The van der Waals surface area contributed by atoms with E-state index in [0.29, 0.717) is 24.5 Å². The second-order valence-corrected chi connectivity index (χ2v) is 5.52. The highest BCUT2D eigenvalue weighted by Crippen LogP contribution is 2.29. The molecule has 0 atom stereocenters. The van der Waals surface area contributed by atoms with Crippen LogP contribution < -0.4 is 10.1 Å². The third-order valence-electron chi connectivity index (χ3n) is 3.09. The average molecular weight is 303 g/mol. The summed E-state index contributed by atoms with van der Waals surface area (Å²) >= 11 is 0. The van der Waals surface area contributed by atoms with Crippen molar-refractivity contribution in [1.29, 1.82) is 0 Å². The molecule has 1 aromatic heterocycles. The predicted octanol–water partition coefficient (Wildman–Crippen LogP) is 3.43. The molecule has 0 aliphatic heterocycles. The van der Waals surface area contributed by atoms with E-state index in [-0.39, 0.29) is 11.8 Å². The highest BCUT2D eigenvalue weighted by Gasteiger charge is 2.16. The summed E-state index contributed by atoms with van der Waals surface area (Å²) in [6.45, 7) is 8.48. The maximum Gasteiger partial charge on any atom is 0.225 e. The van der Waals surface area contributed by atoms with E-state index < -0.39 is 0 Å². The maximum absolute atomic E-state index is 11.9. The van der Waals surface area contributed by atoms with Gasteiger partial charge < -0.3 is 10.1 Å². The van der Waals surface area contributed by atoms with Gasteiger partial charge in [0.1, 0.15) is 5.75 Å². The normalized spacial score (nSPS) is 10.8. The molecule has 0 spiro atoms. The second-order valence-electron chi connectivity index (χ2n) is 5.52. The Bertz CT molecular complexity index is 650. The van der Waals surface area contributed by atoms with Gasteiger partial charge in [0.05, 0.1) is 6.61 Å². The van der Waals surface area contributed by atoms with Crippen molar-refractivity contribution in [1.82, 2.24) is 10.3 Å². The quantitative estimate of drug-likeness (QED) is 0.884. The highest BCUT2D eigenvalue weighted by atomic mass is 16.6. The maximum atomic E-state index is 11.9. The third kappa shape index (κ3) is 3.84. The Morgan fingerprint density at radius 1 is 1.36 bits per heavy atom. The van der Waals surface area contributed by atoms with E-state index >= 15 is 0 Å². The van der Waals surface area contributed by atoms with Crippen LogP contribution in [0.3, 0.4) is 0 Å². The topological polar surface area (TPSA) is 77.2 Å². The van der Waals surface area contributed by atoms with E-state index in [2.05, 4.69) is 15.6 Å². The third-order valence-corrected chi connectivity index (χ3v) is 3.09. The van der Waals surface area contributed by atoms with E-state index in [4.69, 9.17) is 9.37 Å². The van der Waals surface area contributed by atoms with Crippen molar-refractivity contribution in [2.24, 2.45) is 5.92 Å². The molecule has 0 saturated heterocycles. The van der Waals surface area contributed by atoms with Gasteiger partial charge in [0, 0.05) is 12.0 Å². The molecule has 2 aromatic rings. The zero-order valence-electron chi connectivity index (χ0n) is 13.3. The lowest BCUT2D eigenvalue weighted by Gasteiger charge is -2.09. The lowest BCUT2D eigenvalue weighted by atomic mass is 10.1. The van der Waals surface area contributed by atoms with Crippen molar-refractivity contribution in [3.63, 3.8) is 0 Å². The number of benzene rings is 1. The highest BCUT2D eigenvalue weighted by molar-refractivity contribution is 5.93. The first-order chi connectivity index (χ1) is 10.5. The van der Waals surface area contributed by atoms with Crippen molar-refractivity contribution in [2.45, 2.75) is 34.1 Å². The molecule has 6 nitrogen and oxygen atoms in total. The second kappa shape index (κ2) is 7.06. The Morgan fingerprint density at radius 3 is 2.77 bits per heavy atom. The molecule has 22 heavy (non-hydrogen) atoms. The van der Waals surface area contributed by atoms with Gasteiger partial charge in [-0.15, -0.1) is 0 Å². The summed E-state index contributed by atoms with van der Waals surface area (Å²) in [6, 6.07) is 5.68. The number of nitrogens with zero attached hydrogens (tertiary/aromatic N) is 2. The van der Waals surface area contributed by atoms with Crippen LogP contribution in [0.5, 0.6) is 5.75 Å². The van der Waals surface area contributed by atoms with Crippen LogP contribution >= 0.6 is 0 Å². The van der Waals surface area contributed by atoms with E-state index in [1.165, 1.54) is 0 Å². The minimum Gasteiger partial charge on any atom is -0.494 e. The van der Waals surface area contributed by atoms with Gasteiger partial charge in [-0.3, -0.25) is 4.79 Å². The van der Waals surface area contributed by atoms with Crippen molar-refractivity contribution in [3.05, 3.63) is 23.8 Å². The molecule has 0 aliphatic rings. The Hall–Kier alpha value is -2.37. The summed E-state index contributed by atoms with van der Waals surface area (Å²) in [5, 5.41) is 10.4. The van der Waals surface area contributed by atoms with Crippen molar-refractivity contribution in [3.8, 4) is 17.0 Å². The largest absolute Gasteiger partial charge is 0.494 e. The molecule has 1 aromatic carbocycles. The van der Waals surface area contributed by atoms with Gasteiger partial charge in [-0.05, 0) is 53.8 Å². The molecule has 1 N–H and O–H groups in total. The molecule has 2 rings (SSSR count). The van der Waals surface area contributed by atoms with Crippen LogP contribution in [0.25, 0.3) is 11.3 Å². The predicted molar refractivity (Wildman–Crippen MR) is 83.7 cm³/mol. The SMILES string of the molecule is CCOc1ccc(-c2nonc2NC(=O)CC(C)C)cc1C.